The van der Waals surface area contributed by atoms with E-state index in [0.717, 1.165) is 44.2 Å². The average molecular weight is 259 g/mol. The first-order valence-electron chi connectivity index (χ1n) is 6.72. The van der Waals surface area contributed by atoms with E-state index in [9.17, 15) is 0 Å². The van der Waals surface area contributed by atoms with Gasteiger partial charge in [-0.1, -0.05) is 18.2 Å². The molecule has 0 atom stereocenters. The molecule has 0 radical (unpaired) electrons. The van der Waals surface area contributed by atoms with Crippen LogP contribution >= 0.6 is 0 Å². The fraction of sp³-hybridized carbons (Fsp3) is 0.400. The second kappa shape index (κ2) is 7.59. The van der Waals surface area contributed by atoms with Crippen molar-refractivity contribution in [1.82, 2.24) is 14.9 Å². The molecule has 1 heterocycles. The molecule has 2 aromatic rings. The molecule has 0 aliphatic carbocycles. The smallest absolute Gasteiger partial charge is 0.119 e. The van der Waals surface area contributed by atoms with Gasteiger partial charge in [-0.05, 0) is 32.0 Å². The van der Waals surface area contributed by atoms with Crippen LogP contribution in [0, 0.1) is 6.92 Å². The maximum Gasteiger partial charge on any atom is 0.119 e. The number of imidazole rings is 1. The molecule has 0 amide bonds. The molecule has 0 saturated heterocycles. The Hall–Kier alpha value is -1.81. The van der Waals surface area contributed by atoms with Gasteiger partial charge in [0, 0.05) is 25.5 Å². The maximum atomic E-state index is 5.62. The highest BCUT2D eigenvalue weighted by Gasteiger charge is 1.96. The summed E-state index contributed by atoms with van der Waals surface area (Å²) in [7, 11) is 0. The molecule has 19 heavy (non-hydrogen) atoms. The molecule has 102 valence electrons. The summed E-state index contributed by atoms with van der Waals surface area (Å²) in [5.41, 5.74) is 0. The van der Waals surface area contributed by atoms with Crippen molar-refractivity contribution in [3.8, 4) is 5.75 Å². The van der Waals surface area contributed by atoms with E-state index in [2.05, 4.69) is 14.9 Å². The van der Waals surface area contributed by atoms with Crippen LogP contribution < -0.4 is 10.1 Å². The van der Waals surface area contributed by atoms with Gasteiger partial charge >= 0.3 is 0 Å². The third-order valence-electron chi connectivity index (χ3n) is 2.96. The van der Waals surface area contributed by atoms with Gasteiger partial charge in [-0.3, -0.25) is 0 Å². The Morgan fingerprint density at radius 3 is 2.79 bits per heavy atom. The van der Waals surface area contributed by atoms with Gasteiger partial charge in [0.1, 0.15) is 11.6 Å². The summed E-state index contributed by atoms with van der Waals surface area (Å²) in [6.07, 6.45) is 4.86. The minimum Gasteiger partial charge on any atom is -0.494 e. The number of rotatable bonds is 8. The molecule has 2 rings (SSSR count). The van der Waals surface area contributed by atoms with Crippen molar-refractivity contribution in [3.63, 3.8) is 0 Å². The first-order valence-corrected chi connectivity index (χ1v) is 6.72. The van der Waals surface area contributed by atoms with E-state index in [4.69, 9.17) is 4.74 Å². The number of aryl methyl sites for hydroxylation is 1. The topological polar surface area (TPSA) is 39.1 Å². The zero-order valence-corrected chi connectivity index (χ0v) is 11.4. The normalized spacial score (nSPS) is 10.6. The van der Waals surface area contributed by atoms with Crippen LogP contribution in [0.4, 0.5) is 0 Å². The molecule has 0 aliphatic rings. The van der Waals surface area contributed by atoms with Gasteiger partial charge in [0.25, 0.3) is 0 Å². The van der Waals surface area contributed by atoms with Gasteiger partial charge in [0.15, 0.2) is 0 Å². The van der Waals surface area contributed by atoms with Gasteiger partial charge in [-0.15, -0.1) is 0 Å². The number of benzene rings is 1. The highest BCUT2D eigenvalue weighted by molar-refractivity contribution is 5.20. The number of hydrogen-bond acceptors (Lipinski definition) is 3. The van der Waals surface area contributed by atoms with E-state index in [1.807, 2.05) is 49.6 Å². The maximum absolute atomic E-state index is 5.62. The zero-order chi connectivity index (χ0) is 13.3. The molecule has 0 spiro atoms. The van der Waals surface area contributed by atoms with E-state index < -0.39 is 0 Å². The van der Waals surface area contributed by atoms with Gasteiger partial charge in [0.2, 0.25) is 0 Å². The number of ether oxygens (including phenoxy) is 1. The highest BCUT2D eigenvalue weighted by atomic mass is 16.5. The van der Waals surface area contributed by atoms with E-state index in [1.165, 1.54) is 0 Å². The summed E-state index contributed by atoms with van der Waals surface area (Å²) in [6, 6.07) is 9.93. The predicted octanol–water partition coefficient (Wildman–Crippen LogP) is 2.25. The largest absolute Gasteiger partial charge is 0.494 e. The van der Waals surface area contributed by atoms with Crippen molar-refractivity contribution in [2.75, 3.05) is 19.7 Å². The molecular weight excluding hydrogens is 238 g/mol. The third-order valence-corrected chi connectivity index (χ3v) is 2.96. The number of nitrogens with zero attached hydrogens (tertiary/aromatic N) is 2. The Bertz CT molecular complexity index is 467. The predicted molar refractivity (Wildman–Crippen MR) is 76.4 cm³/mol. The fourth-order valence-electron chi connectivity index (χ4n) is 1.87. The molecule has 0 bridgehead atoms. The molecule has 4 heteroatoms. The van der Waals surface area contributed by atoms with Crippen LogP contribution in [0.3, 0.4) is 0 Å². The number of para-hydroxylation sites is 1. The first-order chi connectivity index (χ1) is 9.36. The van der Waals surface area contributed by atoms with Gasteiger partial charge in [0.05, 0.1) is 6.61 Å². The second-order valence-corrected chi connectivity index (χ2v) is 4.43. The van der Waals surface area contributed by atoms with Crippen molar-refractivity contribution < 1.29 is 4.74 Å². The standard InChI is InChI=1S/C15H21N3O/c1-14-17-10-12-18(14)11-9-16-8-5-13-19-15-6-3-2-4-7-15/h2-4,6-7,10,12,16H,5,8-9,11,13H2,1H3. The molecule has 1 N–H and O–H groups in total. The van der Waals surface area contributed by atoms with Crippen LogP contribution in [0.25, 0.3) is 0 Å². The summed E-state index contributed by atoms with van der Waals surface area (Å²) in [6.45, 7) is 5.67. The van der Waals surface area contributed by atoms with Gasteiger partial charge in [-0.25, -0.2) is 4.98 Å². The van der Waals surface area contributed by atoms with E-state index in [0.29, 0.717) is 0 Å². The van der Waals surface area contributed by atoms with E-state index >= 15 is 0 Å². The van der Waals surface area contributed by atoms with Crippen molar-refractivity contribution in [3.05, 3.63) is 48.5 Å². The lowest BCUT2D eigenvalue weighted by Crippen LogP contribution is -2.22. The molecule has 4 nitrogen and oxygen atoms in total. The molecule has 0 aliphatic heterocycles. The first kappa shape index (κ1) is 13.6. The SMILES string of the molecule is Cc1nccn1CCNCCCOc1ccccc1. The summed E-state index contributed by atoms with van der Waals surface area (Å²) < 4.78 is 7.77. The van der Waals surface area contributed by atoms with Crippen molar-refractivity contribution in [2.24, 2.45) is 0 Å². The quantitative estimate of drug-likeness (QED) is 0.739. The van der Waals surface area contributed by atoms with Gasteiger partial charge < -0.3 is 14.6 Å². The fourth-order valence-corrected chi connectivity index (χ4v) is 1.87. The van der Waals surface area contributed by atoms with Crippen molar-refractivity contribution >= 4 is 0 Å². The summed E-state index contributed by atoms with van der Waals surface area (Å²) in [5, 5.41) is 3.41. The molecule has 1 aromatic heterocycles. The monoisotopic (exact) mass is 259 g/mol. The molecule has 0 fully saturated rings. The van der Waals surface area contributed by atoms with Crippen LogP contribution in [0.1, 0.15) is 12.2 Å². The Morgan fingerprint density at radius 1 is 1.21 bits per heavy atom. The lowest BCUT2D eigenvalue weighted by molar-refractivity contribution is 0.308. The lowest BCUT2D eigenvalue weighted by atomic mass is 10.3. The lowest BCUT2D eigenvalue weighted by Gasteiger charge is -2.08. The summed E-state index contributed by atoms with van der Waals surface area (Å²) >= 11 is 0. The third kappa shape index (κ3) is 4.75. The van der Waals surface area contributed by atoms with Crippen LogP contribution in [0.5, 0.6) is 5.75 Å². The highest BCUT2D eigenvalue weighted by Crippen LogP contribution is 2.07. The Labute approximate surface area is 114 Å². The molecule has 0 saturated carbocycles. The van der Waals surface area contributed by atoms with Crippen LogP contribution in [0.2, 0.25) is 0 Å². The minimum atomic E-state index is 0.751. The Morgan fingerprint density at radius 2 is 2.05 bits per heavy atom. The van der Waals surface area contributed by atoms with Gasteiger partial charge in [-0.2, -0.15) is 0 Å². The average Bonchev–Trinajstić information content (AvgIpc) is 2.84. The molecular formula is C15H21N3O. The number of aromatic nitrogens is 2. The van der Waals surface area contributed by atoms with Crippen molar-refractivity contribution in [1.29, 1.82) is 0 Å². The summed E-state index contributed by atoms with van der Waals surface area (Å²) in [5.74, 6) is 2.01. The number of nitrogens with one attached hydrogen (secondary N) is 1. The van der Waals surface area contributed by atoms with Crippen molar-refractivity contribution in [2.45, 2.75) is 19.9 Å². The second-order valence-electron chi connectivity index (χ2n) is 4.43. The van der Waals surface area contributed by atoms with E-state index in [-0.39, 0.29) is 0 Å². The zero-order valence-electron chi connectivity index (χ0n) is 11.4. The van der Waals surface area contributed by atoms with Crippen LogP contribution in [-0.2, 0) is 6.54 Å². The number of hydrogen-bond donors (Lipinski definition) is 1. The Balaban J connectivity index is 1.50. The van der Waals surface area contributed by atoms with Crippen LogP contribution in [-0.4, -0.2) is 29.2 Å². The minimum absolute atomic E-state index is 0.751. The molecule has 1 aromatic carbocycles. The summed E-state index contributed by atoms with van der Waals surface area (Å²) in [4.78, 5) is 4.19. The molecule has 0 unspecified atom stereocenters. The van der Waals surface area contributed by atoms with Crippen LogP contribution in [0.15, 0.2) is 42.7 Å². The Kier molecular flexibility index (Phi) is 5.44. The van der Waals surface area contributed by atoms with E-state index in [1.54, 1.807) is 0 Å².